The number of aromatic amines is 1. The second-order valence-corrected chi connectivity index (χ2v) is 10.2. The van der Waals surface area contributed by atoms with Gasteiger partial charge in [-0.2, -0.15) is 0 Å². The van der Waals surface area contributed by atoms with Gasteiger partial charge in [0.1, 0.15) is 5.69 Å². The van der Waals surface area contributed by atoms with Crippen molar-refractivity contribution in [3.05, 3.63) is 54.5 Å². The van der Waals surface area contributed by atoms with Crippen LogP contribution < -0.4 is 10.6 Å². The molecular weight excluding hydrogens is 462 g/mol. The van der Waals surface area contributed by atoms with Crippen LogP contribution in [0.1, 0.15) is 36.2 Å². The predicted molar refractivity (Wildman–Crippen MR) is 151 cm³/mol. The Kier molecular flexibility index (Phi) is 7.96. The second kappa shape index (κ2) is 11.7. The van der Waals surface area contributed by atoms with Crippen molar-refractivity contribution in [3.8, 4) is 11.3 Å². The minimum absolute atomic E-state index is 0.0908. The first-order valence-electron chi connectivity index (χ1n) is 13.3. The number of hydrogen-bond donors (Lipinski definition) is 3. The summed E-state index contributed by atoms with van der Waals surface area (Å²) in [6.07, 6.45) is 8.79. The summed E-state index contributed by atoms with van der Waals surface area (Å²) >= 11 is 0. The fourth-order valence-electron chi connectivity index (χ4n) is 4.97. The Morgan fingerprint density at radius 2 is 1.95 bits per heavy atom. The van der Waals surface area contributed by atoms with Gasteiger partial charge in [-0.3, -0.25) is 9.78 Å². The largest absolute Gasteiger partial charge is 0.384 e. The quantitative estimate of drug-likeness (QED) is 0.281. The van der Waals surface area contributed by atoms with Gasteiger partial charge >= 0.3 is 0 Å². The van der Waals surface area contributed by atoms with E-state index in [1.165, 1.54) is 32.4 Å². The van der Waals surface area contributed by atoms with Gasteiger partial charge in [-0.25, -0.2) is 4.98 Å². The van der Waals surface area contributed by atoms with Crippen LogP contribution in [0, 0.1) is 0 Å². The number of likely N-dealkylation sites (tertiary alicyclic amines) is 1. The van der Waals surface area contributed by atoms with E-state index < -0.39 is 0 Å². The van der Waals surface area contributed by atoms with Crippen LogP contribution in [0.4, 0.5) is 5.69 Å². The van der Waals surface area contributed by atoms with Crippen LogP contribution in [0.2, 0.25) is 0 Å². The molecule has 0 aliphatic carbocycles. The Balaban J connectivity index is 1.33. The van der Waals surface area contributed by atoms with E-state index >= 15 is 0 Å². The summed E-state index contributed by atoms with van der Waals surface area (Å²) in [4.78, 5) is 29.7. The fraction of sp³-hybridized carbons (Fsp3) is 0.414. The molecule has 4 aromatic rings. The first-order chi connectivity index (χ1) is 18.1. The van der Waals surface area contributed by atoms with Gasteiger partial charge in [0, 0.05) is 59.6 Å². The Bertz CT molecular complexity index is 1360. The molecule has 8 heteroatoms. The topological polar surface area (TPSA) is 89.2 Å². The van der Waals surface area contributed by atoms with E-state index in [9.17, 15) is 4.79 Å². The molecule has 0 saturated carbocycles. The third-order valence-corrected chi connectivity index (χ3v) is 7.03. The zero-order valence-corrected chi connectivity index (χ0v) is 21.9. The highest BCUT2D eigenvalue weighted by molar-refractivity contribution is 5.99. The van der Waals surface area contributed by atoms with E-state index in [1.807, 2.05) is 43.4 Å². The number of hydrogen-bond acceptors (Lipinski definition) is 6. The number of aromatic nitrogens is 3. The van der Waals surface area contributed by atoms with E-state index in [1.54, 1.807) is 6.20 Å². The Hall–Kier alpha value is -3.49. The van der Waals surface area contributed by atoms with E-state index in [0.29, 0.717) is 12.2 Å². The molecule has 3 N–H and O–H groups in total. The average molecular weight is 500 g/mol. The molecule has 0 spiro atoms. The van der Waals surface area contributed by atoms with Crippen molar-refractivity contribution in [3.63, 3.8) is 0 Å². The Labute approximate surface area is 218 Å². The molecule has 1 fully saturated rings. The number of likely N-dealkylation sites (N-methyl/N-ethyl adjacent to an activating group) is 1. The molecule has 194 valence electrons. The van der Waals surface area contributed by atoms with Gasteiger partial charge in [0.25, 0.3) is 5.91 Å². The number of fused-ring (bicyclic) bond motifs is 2. The molecule has 1 amide bonds. The van der Waals surface area contributed by atoms with Gasteiger partial charge in [-0.05, 0) is 77.3 Å². The normalized spacial score (nSPS) is 14.5. The Morgan fingerprint density at radius 1 is 1.08 bits per heavy atom. The minimum Gasteiger partial charge on any atom is -0.384 e. The van der Waals surface area contributed by atoms with E-state index in [2.05, 4.69) is 43.7 Å². The molecule has 5 rings (SSSR count). The fourth-order valence-corrected chi connectivity index (χ4v) is 4.97. The molecule has 0 bridgehead atoms. The van der Waals surface area contributed by atoms with Gasteiger partial charge in [0.2, 0.25) is 0 Å². The summed E-state index contributed by atoms with van der Waals surface area (Å²) in [6.45, 7) is 5.91. The summed E-state index contributed by atoms with van der Waals surface area (Å²) < 4.78 is 0. The highest BCUT2D eigenvalue weighted by atomic mass is 16.1. The molecule has 0 unspecified atom stereocenters. The maximum absolute atomic E-state index is 12.6. The van der Waals surface area contributed by atoms with Crippen LogP contribution in [-0.2, 0) is 0 Å². The number of rotatable bonds is 10. The van der Waals surface area contributed by atoms with E-state index in [4.69, 9.17) is 4.98 Å². The van der Waals surface area contributed by atoms with Gasteiger partial charge < -0.3 is 25.4 Å². The molecule has 0 atom stereocenters. The van der Waals surface area contributed by atoms with Gasteiger partial charge in [0.05, 0.1) is 11.2 Å². The monoisotopic (exact) mass is 499 g/mol. The van der Waals surface area contributed by atoms with E-state index in [0.717, 1.165) is 64.8 Å². The number of amides is 1. The number of piperidine rings is 1. The molecule has 1 aliphatic rings. The van der Waals surface area contributed by atoms with Crippen LogP contribution in [0.3, 0.4) is 0 Å². The number of carbonyl (C=O) groups excluding carboxylic acids is 1. The number of pyridine rings is 2. The number of benzene rings is 1. The van der Waals surface area contributed by atoms with Crippen LogP contribution in [0.25, 0.3) is 33.1 Å². The molecule has 4 heterocycles. The summed E-state index contributed by atoms with van der Waals surface area (Å²) in [7, 11) is 3.98. The van der Waals surface area contributed by atoms with Crippen molar-refractivity contribution >= 4 is 33.4 Å². The van der Waals surface area contributed by atoms with Crippen LogP contribution in [0.15, 0.2) is 48.8 Å². The first kappa shape index (κ1) is 25.2. The van der Waals surface area contributed by atoms with Crippen LogP contribution in [-0.4, -0.2) is 84.0 Å². The lowest BCUT2D eigenvalue weighted by Gasteiger charge is -2.26. The predicted octanol–water partition coefficient (Wildman–Crippen LogP) is 4.36. The van der Waals surface area contributed by atoms with Crippen molar-refractivity contribution in [2.24, 2.45) is 0 Å². The van der Waals surface area contributed by atoms with Gasteiger partial charge in [0.15, 0.2) is 0 Å². The minimum atomic E-state index is -0.0908. The van der Waals surface area contributed by atoms with Crippen molar-refractivity contribution in [1.82, 2.24) is 30.1 Å². The number of anilines is 1. The smallest absolute Gasteiger partial charge is 0.267 e. The highest BCUT2D eigenvalue weighted by Crippen LogP contribution is 2.30. The summed E-state index contributed by atoms with van der Waals surface area (Å²) in [5, 5.41) is 8.65. The molecule has 1 saturated heterocycles. The van der Waals surface area contributed by atoms with Crippen LogP contribution in [0.5, 0.6) is 0 Å². The summed E-state index contributed by atoms with van der Waals surface area (Å²) in [5.41, 5.74) is 5.36. The Morgan fingerprint density at radius 3 is 2.78 bits per heavy atom. The number of nitrogens with zero attached hydrogens (tertiary/aromatic N) is 4. The third-order valence-electron chi connectivity index (χ3n) is 7.03. The molecule has 3 aromatic heterocycles. The highest BCUT2D eigenvalue weighted by Gasteiger charge is 2.13. The molecule has 0 radical (unpaired) electrons. The standard InChI is InChI=1S/C29H37N7O/c1-35(2)16-12-32-29(37)28-18-22-8-7-21(17-25(22)34-28)26-19-27(23-20-30-11-9-24(23)33-26)31-10-6-15-36-13-4-3-5-14-36/h7-9,11,17-20,34H,3-6,10,12-16H2,1-2H3,(H,31,33)(H,32,37). The zero-order chi connectivity index (χ0) is 25.6. The van der Waals surface area contributed by atoms with Crippen molar-refractivity contribution in [2.75, 3.05) is 58.7 Å². The lowest BCUT2D eigenvalue weighted by molar-refractivity contribution is 0.0947. The molecular formula is C29H37N7O. The molecule has 8 nitrogen and oxygen atoms in total. The van der Waals surface area contributed by atoms with Gasteiger partial charge in [-0.15, -0.1) is 0 Å². The first-order valence-corrected chi connectivity index (χ1v) is 13.3. The number of carbonyl (C=O) groups is 1. The molecule has 1 aromatic carbocycles. The zero-order valence-electron chi connectivity index (χ0n) is 21.9. The maximum atomic E-state index is 12.6. The van der Waals surface area contributed by atoms with E-state index in [-0.39, 0.29) is 5.91 Å². The SMILES string of the molecule is CN(C)CCNC(=O)c1cc2ccc(-c3cc(NCCCN4CCCCC4)c4cnccc4n3)cc2[nH]1. The molecule has 1 aliphatic heterocycles. The molecule has 37 heavy (non-hydrogen) atoms. The van der Waals surface area contributed by atoms with Gasteiger partial charge in [-0.1, -0.05) is 18.6 Å². The van der Waals surface area contributed by atoms with Crippen molar-refractivity contribution < 1.29 is 4.79 Å². The maximum Gasteiger partial charge on any atom is 0.267 e. The average Bonchev–Trinajstić information content (AvgIpc) is 3.35. The summed E-state index contributed by atoms with van der Waals surface area (Å²) in [5.74, 6) is -0.0908. The number of H-pyrrole nitrogens is 1. The lowest BCUT2D eigenvalue weighted by Crippen LogP contribution is -2.31. The summed E-state index contributed by atoms with van der Waals surface area (Å²) in [6, 6.07) is 12.2. The number of nitrogens with one attached hydrogen (secondary N) is 3. The second-order valence-electron chi connectivity index (χ2n) is 10.2. The lowest BCUT2D eigenvalue weighted by atomic mass is 10.1. The van der Waals surface area contributed by atoms with Crippen molar-refractivity contribution in [1.29, 1.82) is 0 Å². The third kappa shape index (κ3) is 6.26. The van der Waals surface area contributed by atoms with Crippen LogP contribution >= 0.6 is 0 Å². The van der Waals surface area contributed by atoms with Crippen molar-refractivity contribution in [2.45, 2.75) is 25.7 Å².